The van der Waals surface area contributed by atoms with E-state index in [0.29, 0.717) is 12.5 Å². The molecule has 1 heterocycles. The highest BCUT2D eigenvalue weighted by Gasteiger charge is 2.31. The number of hydrogen-bond acceptors (Lipinski definition) is 4. The van der Waals surface area contributed by atoms with E-state index in [0.717, 1.165) is 18.5 Å². The summed E-state index contributed by atoms with van der Waals surface area (Å²) in [5.74, 6) is 0.608. The van der Waals surface area contributed by atoms with Gasteiger partial charge >= 0.3 is 0 Å². The Labute approximate surface area is 119 Å². The van der Waals surface area contributed by atoms with E-state index in [1.165, 1.54) is 4.90 Å². The summed E-state index contributed by atoms with van der Waals surface area (Å²) in [5.41, 5.74) is 0.758. The van der Waals surface area contributed by atoms with E-state index in [4.69, 9.17) is 0 Å². The van der Waals surface area contributed by atoms with Crippen LogP contribution in [0, 0.1) is 5.92 Å². The maximum Gasteiger partial charge on any atom is 0.176 e. The van der Waals surface area contributed by atoms with Crippen molar-refractivity contribution in [2.75, 3.05) is 26.0 Å². The number of hydrogen-bond donors (Lipinski definition) is 1. The van der Waals surface area contributed by atoms with E-state index in [1.807, 2.05) is 30.5 Å². The molecule has 0 aliphatic carbocycles. The van der Waals surface area contributed by atoms with Crippen LogP contribution in [-0.4, -0.2) is 47.8 Å². The molecule has 2 unspecified atom stereocenters. The van der Waals surface area contributed by atoms with Crippen molar-refractivity contribution in [1.82, 2.24) is 4.90 Å². The summed E-state index contributed by atoms with van der Waals surface area (Å²) in [5, 5.41) is 9.40. The van der Waals surface area contributed by atoms with E-state index >= 15 is 0 Å². The van der Waals surface area contributed by atoms with Crippen LogP contribution in [0.4, 0.5) is 0 Å². The van der Waals surface area contributed by atoms with Crippen molar-refractivity contribution in [2.24, 2.45) is 5.92 Å². The van der Waals surface area contributed by atoms with Gasteiger partial charge in [0.05, 0.1) is 13.2 Å². The first-order valence-electron chi connectivity index (χ1n) is 6.68. The maximum atomic E-state index is 12.2. The molecular weight excluding hydrogens is 258 g/mol. The number of ketones is 1. The quantitative estimate of drug-likeness (QED) is 0.663. The second kappa shape index (κ2) is 6.55. The van der Waals surface area contributed by atoms with Gasteiger partial charge < -0.3 is 5.11 Å². The third-order valence-corrected chi connectivity index (χ3v) is 4.69. The molecule has 19 heavy (non-hydrogen) atoms. The first-order chi connectivity index (χ1) is 9.15. The molecule has 1 saturated heterocycles. The Hall–Kier alpha value is -0.840. The van der Waals surface area contributed by atoms with Gasteiger partial charge in [-0.2, -0.15) is 0 Å². The van der Waals surface area contributed by atoms with Crippen LogP contribution in [0.1, 0.15) is 23.7 Å². The van der Waals surface area contributed by atoms with Crippen LogP contribution in [0.15, 0.2) is 29.2 Å². The molecule has 0 bridgehead atoms. The summed E-state index contributed by atoms with van der Waals surface area (Å²) >= 11 is 1.67. The molecule has 4 heteroatoms. The minimum atomic E-state index is 0.134. The first kappa shape index (κ1) is 14.6. The largest absolute Gasteiger partial charge is 0.395 e. The van der Waals surface area contributed by atoms with Crippen molar-refractivity contribution in [3.8, 4) is 0 Å². The monoisotopic (exact) mass is 279 g/mol. The van der Waals surface area contributed by atoms with Crippen LogP contribution in [-0.2, 0) is 0 Å². The highest BCUT2D eigenvalue weighted by molar-refractivity contribution is 7.98. The van der Waals surface area contributed by atoms with Gasteiger partial charge in [0.1, 0.15) is 0 Å². The molecule has 0 radical (unpaired) electrons. The number of carbonyl (C=O) groups is 1. The fraction of sp³-hybridized carbons (Fsp3) is 0.533. The zero-order valence-electron chi connectivity index (χ0n) is 11.5. The Bertz CT molecular complexity index is 432. The summed E-state index contributed by atoms with van der Waals surface area (Å²) in [4.78, 5) is 15.5. The van der Waals surface area contributed by atoms with E-state index in [9.17, 15) is 9.90 Å². The van der Waals surface area contributed by atoms with Crippen LogP contribution in [0.2, 0.25) is 0 Å². The van der Waals surface area contributed by atoms with E-state index in [-0.39, 0.29) is 18.4 Å². The second-order valence-electron chi connectivity index (χ2n) is 5.14. The lowest BCUT2D eigenvalue weighted by Crippen LogP contribution is -2.38. The molecule has 1 aliphatic rings. The topological polar surface area (TPSA) is 40.5 Å². The van der Waals surface area contributed by atoms with Gasteiger partial charge in [-0.25, -0.2) is 0 Å². The van der Waals surface area contributed by atoms with E-state index in [2.05, 4.69) is 11.8 Å². The fourth-order valence-corrected chi connectivity index (χ4v) is 3.04. The van der Waals surface area contributed by atoms with Crippen LogP contribution in [0.3, 0.4) is 0 Å². The smallest absolute Gasteiger partial charge is 0.176 e. The number of benzene rings is 1. The molecule has 104 valence electrons. The molecule has 3 nitrogen and oxygen atoms in total. The molecule has 2 atom stereocenters. The molecule has 1 aromatic carbocycles. The molecule has 0 amide bonds. The number of thioether (sulfide) groups is 1. The summed E-state index contributed by atoms with van der Waals surface area (Å²) in [6.45, 7) is 3.59. The lowest BCUT2D eigenvalue weighted by Gasteiger charge is -2.24. The predicted octanol–water partition coefficient (Wildman–Crippen LogP) is 2.29. The number of aliphatic hydroxyl groups is 1. The summed E-state index contributed by atoms with van der Waals surface area (Å²) in [6.07, 6.45) is 3.08. The maximum absolute atomic E-state index is 12.2. The number of nitrogens with zero attached hydrogens (tertiary/aromatic N) is 1. The highest BCUT2D eigenvalue weighted by atomic mass is 32.2. The molecule has 1 N–H and O–H groups in total. The third-order valence-electron chi connectivity index (χ3n) is 3.94. The van der Waals surface area contributed by atoms with E-state index in [1.54, 1.807) is 11.8 Å². The van der Waals surface area contributed by atoms with Crippen molar-refractivity contribution in [3.63, 3.8) is 0 Å². The fourth-order valence-electron chi connectivity index (χ4n) is 2.63. The van der Waals surface area contributed by atoms with Crippen molar-refractivity contribution in [2.45, 2.75) is 24.3 Å². The second-order valence-corrected chi connectivity index (χ2v) is 6.02. The molecule has 0 saturated carbocycles. The lowest BCUT2D eigenvalue weighted by molar-refractivity contribution is 0.0866. The molecule has 1 aromatic rings. The zero-order valence-corrected chi connectivity index (χ0v) is 12.3. The molecule has 2 rings (SSSR count). The van der Waals surface area contributed by atoms with Crippen molar-refractivity contribution < 1.29 is 9.90 Å². The molecule has 0 aromatic heterocycles. The van der Waals surface area contributed by atoms with Gasteiger partial charge in [-0.05, 0) is 37.3 Å². The Morgan fingerprint density at radius 1 is 1.42 bits per heavy atom. The summed E-state index contributed by atoms with van der Waals surface area (Å²) < 4.78 is 0. The lowest BCUT2D eigenvalue weighted by atomic mass is 10.0. The average Bonchev–Trinajstić information content (AvgIpc) is 2.79. The van der Waals surface area contributed by atoms with Gasteiger partial charge in [0, 0.05) is 16.5 Å². The Balaban J connectivity index is 2.00. The van der Waals surface area contributed by atoms with E-state index < -0.39 is 0 Å². The normalized spacial score (nSPS) is 23.7. The number of likely N-dealkylation sites (tertiary alicyclic amines) is 1. The van der Waals surface area contributed by atoms with Gasteiger partial charge in [0.15, 0.2) is 5.78 Å². The van der Waals surface area contributed by atoms with Crippen LogP contribution >= 0.6 is 11.8 Å². The SMILES string of the molecule is CSc1ccc(C(=O)CN2CCC(C)C2CO)cc1. The van der Waals surface area contributed by atoms with Gasteiger partial charge in [-0.1, -0.05) is 19.1 Å². The standard InChI is InChI=1S/C15H21NO2S/c1-11-7-8-16(14(11)10-17)9-15(18)12-3-5-13(19-2)6-4-12/h3-6,11,14,17H,7-10H2,1-2H3. The number of Topliss-reactive ketones (excluding diaryl/α,β-unsaturated/α-hetero) is 1. The van der Waals surface area contributed by atoms with Crippen molar-refractivity contribution >= 4 is 17.5 Å². The van der Waals surface area contributed by atoms with Gasteiger partial charge in [0.2, 0.25) is 0 Å². The van der Waals surface area contributed by atoms with Crippen molar-refractivity contribution in [1.29, 1.82) is 0 Å². The van der Waals surface area contributed by atoms with Crippen molar-refractivity contribution in [3.05, 3.63) is 29.8 Å². The molecular formula is C15H21NO2S. The zero-order chi connectivity index (χ0) is 13.8. The summed E-state index contributed by atoms with van der Waals surface area (Å²) in [7, 11) is 0. The molecule has 0 spiro atoms. The van der Waals surface area contributed by atoms with Gasteiger partial charge in [-0.3, -0.25) is 9.69 Å². The Morgan fingerprint density at radius 2 is 2.11 bits per heavy atom. The minimum absolute atomic E-state index is 0.134. The highest BCUT2D eigenvalue weighted by Crippen LogP contribution is 2.24. The number of carbonyl (C=O) groups excluding carboxylic acids is 1. The van der Waals surface area contributed by atoms with Crippen LogP contribution < -0.4 is 0 Å². The first-order valence-corrected chi connectivity index (χ1v) is 7.90. The Morgan fingerprint density at radius 3 is 2.68 bits per heavy atom. The minimum Gasteiger partial charge on any atom is -0.395 e. The molecule has 1 aliphatic heterocycles. The van der Waals surface area contributed by atoms with Gasteiger partial charge in [-0.15, -0.1) is 11.8 Å². The Kier molecular flexibility index (Phi) is 5.02. The third kappa shape index (κ3) is 3.38. The van der Waals surface area contributed by atoms with Crippen LogP contribution in [0.25, 0.3) is 0 Å². The van der Waals surface area contributed by atoms with Gasteiger partial charge in [0.25, 0.3) is 0 Å². The van der Waals surface area contributed by atoms with Crippen LogP contribution in [0.5, 0.6) is 0 Å². The molecule has 1 fully saturated rings. The number of aliphatic hydroxyl groups excluding tert-OH is 1. The predicted molar refractivity (Wildman–Crippen MR) is 78.8 cm³/mol. The summed E-state index contributed by atoms with van der Waals surface area (Å²) in [6, 6.07) is 7.88. The average molecular weight is 279 g/mol. The number of rotatable bonds is 5.